The Hall–Kier alpha value is -0.0800. The number of hydrogen-bond acceptors (Lipinski definition) is 2. The average molecular weight is 199 g/mol. The molecule has 0 radical (unpaired) electrons. The molecular weight excluding hydrogens is 174 g/mol. The van der Waals surface area contributed by atoms with Crippen molar-refractivity contribution in [2.24, 2.45) is 5.92 Å². The highest BCUT2D eigenvalue weighted by molar-refractivity contribution is 4.65. The van der Waals surface area contributed by atoms with Crippen LogP contribution in [0.15, 0.2) is 0 Å². The van der Waals surface area contributed by atoms with Gasteiger partial charge in [0.1, 0.15) is 0 Å². The van der Waals surface area contributed by atoms with Crippen LogP contribution in [0, 0.1) is 5.92 Å². The van der Waals surface area contributed by atoms with Crippen LogP contribution in [-0.2, 0) is 4.74 Å². The molecule has 1 N–H and O–H groups in total. The molecule has 0 atom stereocenters. The summed E-state index contributed by atoms with van der Waals surface area (Å²) in [6.07, 6.45) is 7.26. The summed E-state index contributed by atoms with van der Waals surface area (Å²) < 4.78 is 5.80. The van der Waals surface area contributed by atoms with E-state index in [-0.39, 0.29) is 0 Å². The van der Waals surface area contributed by atoms with Crippen molar-refractivity contribution in [3.63, 3.8) is 0 Å². The van der Waals surface area contributed by atoms with Crippen molar-refractivity contribution in [1.29, 1.82) is 0 Å². The monoisotopic (exact) mass is 199 g/mol. The minimum Gasteiger partial charge on any atom is -0.377 e. The molecule has 0 aliphatic heterocycles. The van der Waals surface area contributed by atoms with Crippen LogP contribution in [0.1, 0.15) is 46.0 Å². The van der Waals surface area contributed by atoms with E-state index in [1.165, 1.54) is 32.1 Å². The van der Waals surface area contributed by atoms with Gasteiger partial charge in [-0.05, 0) is 25.3 Å². The Bertz CT molecular complexity index is 130. The fraction of sp³-hybridized carbons (Fsp3) is 1.00. The third-order valence-corrected chi connectivity index (χ3v) is 2.74. The van der Waals surface area contributed by atoms with Gasteiger partial charge in [-0.25, -0.2) is 0 Å². The molecule has 0 aromatic carbocycles. The van der Waals surface area contributed by atoms with Gasteiger partial charge in [0, 0.05) is 6.54 Å². The van der Waals surface area contributed by atoms with E-state index in [9.17, 15) is 0 Å². The third kappa shape index (κ3) is 5.61. The molecule has 0 aromatic rings. The van der Waals surface area contributed by atoms with Gasteiger partial charge in [0.15, 0.2) is 0 Å². The van der Waals surface area contributed by atoms with Gasteiger partial charge in [-0.15, -0.1) is 0 Å². The second kappa shape index (κ2) is 7.24. The Kier molecular flexibility index (Phi) is 6.20. The molecule has 0 bridgehead atoms. The molecule has 1 aliphatic carbocycles. The van der Waals surface area contributed by atoms with E-state index < -0.39 is 0 Å². The Balaban J connectivity index is 1.87. The standard InChI is InChI=1S/C12H25NO/c1-11(2)10-13-8-9-14-12-6-4-3-5-7-12/h11-13H,3-10H2,1-2H3. The Labute approximate surface area is 88.4 Å². The second-order valence-electron chi connectivity index (χ2n) is 4.73. The predicted octanol–water partition coefficient (Wildman–Crippen LogP) is 2.58. The lowest BCUT2D eigenvalue weighted by molar-refractivity contribution is 0.0302. The fourth-order valence-corrected chi connectivity index (χ4v) is 1.92. The van der Waals surface area contributed by atoms with E-state index in [0.717, 1.165) is 25.6 Å². The molecule has 0 spiro atoms. The van der Waals surface area contributed by atoms with Gasteiger partial charge in [0.05, 0.1) is 12.7 Å². The lowest BCUT2D eigenvalue weighted by Gasteiger charge is -2.22. The van der Waals surface area contributed by atoms with Crippen LogP contribution >= 0.6 is 0 Å². The number of ether oxygens (including phenoxy) is 1. The van der Waals surface area contributed by atoms with Crippen molar-refractivity contribution in [3.05, 3.63) is 0 Å². The molecule has 0 unspecified atom stereocenters. The van der Waals surface area contributed by atoms with Crippen LogP contribution < -0.4 is 5.32 Å². The number of rotatable bonds is 6. The van der Waals surface area contributed by atoms with Crippen LogP contribution in [0.3, 0.4) is 0 Å². The van der Waals surface area contributed by atoms with E-state index in [2.05, 4.69) is 19.2 Å². The molecule has 14 heavy (non-hydrogen) atoms. The van der Waals surface area contributed by atoms with Crippen molar-refractivity contribution in [3.8, 4) is 0 Å². The van der Waals surface area contributed by atoms with Crippen LogP contribution in [0.2, 0.25) is 0 Å². The maximum absolute atomic E-state index is 5.80. The maximum atomic E-state index is 5.80. The summed E-state index contributed by atoms with van der Waals surface area (Å²) >= 11 is 0. The predicted molar refractivity (Wildman–Crippen MR) is 60.5 cm³/mol. The summed E-state index contributed by atoms with van der Waals surface area (Å²) in [6.45, 7) is 7.46. The van der Waals surface area contributed by atoms with E-state index in [1.54, 1.807) is 0 Å². The smallest absolute Gasteiger partial charge is 0.0594 e. The highest BCUT2D eigenvalue weighted by Crippen LogP contribution is 2.19. The van der Waals surface area contributed by atoms with Crippen molar-refractivity contribution in [1.82, 2.24) is 5.32 Å². The van der Waals surface area contributed by atoms with E-state index in [0.29, 0.717) is 6.10 Å². The summed E-state index contributed by atoms with van der Waals surface area (Å²) in [7, 11) is 0. The van der Waals surface area contributed by atoms with Crippen LogP contribution in [0.4, 0.5) is 0 Å². The fourth-order valence-electron chi connectivity index (χ4n) is 1.92. The maximum Gasteiger partial charge on any atom is 0.0594 e. The van der Waals surface area contributed by atoms with Crippen LogP contribution in [0.5, 0.6) is 0 Å². The van der Waals surface area contributed by atoms with Crippen molar-refractivity contribution < 1.29 is 4.74 Å². The summed E-state index contributed by atoms with van der Waals surface area (Å²) in [4.78, 5) is 0. The van der Waals surface area contributed by atoms with Crippen molar-refractivity contribution in [2.75, 3.05) is 19.7 Å². The number of nitrogens with one attached hydrogen (secondary N) is 1. The van der Waals surface area contributed by atoms with Crippen molar-refractivity contribution in [2.45, 2.75) is 52.1 Å². The Morgan fingerprint density at radius 2 is 1.93 bits per heavy atom. The van der Waals surface area contributed by atoms with Gasteiger partial charge < -0.3 is 10.1 Å². The largest absolute Gasteiger partial charge is 0.377 e. The lowest BCUT2D eigenvalue weighted by Crippen LogP contribution is -2.27. The molecule has 2 heteroatoms. The minimum atomic E-state index is 0.560. The highest BCUT2D eigenvalue weighted by atomic mass is 16.5. The van der Waals surface area contributed by atoms with Crippen LogP contribution in [0.25, 0.3) is 0 Å². The van der Waals surface area contributed by atoms with Crippen molar-refractivity contribution >= 4 is 0 Å². The van der Waals surface area contributed by atoms with Gasteiger partial charge in [-0.1, -0.05) is 33.1 Å². The zero-order chi connectivity index (χ0) is 10.2. The Morgan fingerprint density at radius 3 is 2.57 bits per heavy atom. The number of hydrogen-bond donors (Lipinski definition) is 1. The molecule has 0 heterocycles. The summed E-state index contributed by atoms with van der Waals surface area (Å²) in [5, 5.41) is 3.40. The minimum absolute atomic E-state index is 0.560. The van der Waals surface area contributed by atoms with E-state index >= 15 is 0 Å². The molecule has 1 rings (SSSR count). The molecular formula is C12H25NO. The van der Waals surface area contributed by atoms with Gasteiger partial charge in [-0.3, -0.25) is 0 Å². The van der Waals surface area contributed by atoms with Gasteiger partial charge in [-0.2, -0.15) is 0 Å². The first-order chi connectivity index (χ1) is 6.79. The van der Waals surface area contributed by atoms with Gasteiger partial charge in [0.2, 0.25) is 0 Å². The summed E-state index contributed by atoms with van der Waals surface area (Å²) in [5.74, 6) is 0.740. The zero-order valence-corrected chi connectivity index (χ0v) is 9.72. The normalized spacial score (nSPS) is 19.1. The van der Waals surface area contributed by atoms with Crippen LogP contribution in [-0.4, -0.2) is 25.8 Å². The topological polar surface area (TPSA) is 21.3 Å². The zero-order valence-electron chi connectivity index (χ0n) is 9.72. The molecule has 1 aliphatic rings. The molecule has 84 valence electrons. The Morgan fingerprint density at radius 1 is 1.21 bits per heavy atom. The average Bonchev–Trinajstić information content (AvgIpc) is 2.18. The van der Waals surface area contributed by atoms with Gasteiger partial charge >= 0.3 is 0 Å². The molecule has 0 aromatic heterocycles. The quantitative estimate of drug-likeness (QED) is 0.664. The SMILES string of the molecule is CC(C)CNCCOC1CCCCC1. The first-order valence-electron chi connectivity index (χ1n) is 6.11. The molecule has 1 fully saturated rings. The lowest BCUT2D eigenvalue weighted by atomic mass is 9.98. The first-order valence-corrected chi connectivity index (χ1v) is 6.11. The molecule has 1 saturated carbocycles. The van der Waals surface area contributed by atoms with E-state index in [1.807, 2.05) is 0 Å². The molecule has 2 nitrogen and oxygen atoms in total. The summed E-state index contributed by atoms with van der Waals surface area (Å²) in [6, 6.07) is 0. The molecule has 0 amide bonds. The summed E-state index contributed by atoms with van der Waals surface area (Å²) in [5.41, 5.74) is 0. The van der Waals surface area contributed by atoms with Gasteiger partial charge in [0.25, 0.3) is 0 Å². The first kappa shape index (κ1) is 12.0. The van der Waals surface area contributed by atoms with E-state index in [4.69, 9.17) is 4.74 Å². The second-order valence-corrected chi connectivity index (χ2v) is 4.73. The molecule has 0 saturated heterocycles. The highest BCUT2D eigenvalue weighted by Gasteiger charge is 2.12. The third-order valence-electron chi connectivity index (χ3n) is 2.74.